The summed E-state index contributed by atoms with van der Waals surface area (Å²) in [5.74, 6) is 1.59. The van der Waals surface area contributed by atoms with Crippen LogP contribution in [0.15, 0.2) is 43.0 Å². The maximum absolute atomic E-state index is 5.76. The van der Waals surface area contributed by atoms with Gasteiger partial charge in [-0.05, 0) is 56.5 Å². The second kappa shape index (κ2) is 8.44. The minimum atomic E-state index is 0.609. The van der Waals surface area contributed by atoms with Crippen molar-refractivity contribution >= 4 is 5.69 Å². The summed E-state index contributed by atoms with van der Waals surface area (Å²) < 4.78 is 11.3. The van der Waals surface area contributed by atoms with Gasteiger partial charge >= 0.3 is 0 Å². The van der Waals surface area contributed by atoms with Crippen molar-refractivity contribution in [1.29, 1.82) is 0 Å². The summed E-state index contributed by atoms with van der Waals surface area (Å²) in [6.07, 6.45) is 2.63. The first-order valence-electron chi connectivity index (χ1n) is 8.33. The van der Waals surface area contributed by atoms with Crippen LogP contribution in [0.4, 0.5) is 5.69 Å². The third-order valence-electron chi connectivity index (χ3n) is 3.92. The molecule has 2 aromatic rings. The number of aryl methyl sites for hydroxylation is 2. The molecule has 0 unspecified atom stereocenters. The number of nitrogens with one attached hydrogen (secondary N) is 1. The molecule has 0 aliphatic rings. The molecule has 3 nitrogen and oxygen atoms in total. The van der Waals surface area contributed by atoms with Gasteiger partial charge in [0.05, 0.1) is 13.7 Å². The Hall–Kier alpha value is -2.42. The van der Waals surface area contributed by atoms with Crippen molar-refractivity contribution in [3.63, 3.8) is 0 Å². The van der Waals surface area contributed by atoms with Gasteiger partial charge in [-0.15, -0.1) is 6.58 Å². The van der Waals surface area contributed by atoms with Crippen LogP contribution in [0.3, 0.4) is 0 Å². The van der Waals surface area contributed by atoms with Gasteiger partial charge in [-0.25, -0.2) is 0 Å². The topological polar surface area (TPSA) is 30.5 Å². The molecule has 2 aromatic carbocycles. The lowest BCUT2D eigenvalue weighted by molar-refractivity contribution is 0.309. The summed E-state index contributed by atoms with van der Waals surface area (Å²) in [4.78, 5) is 0. The number of methoxy groups -OCH3 is 1. The minimum Gasteiger partial charge on any atom is -0.493 e. The van der Waals surface area contributed by atoms with Crippen LogP contribution in [-0.4, -0.2) is 13.7 Å². The van der Waals surface area contributed by atoms with E-state index in [4.69, 9.17) is 9.47 Å². The Morgan fingerprint density at radius 2 is 1.96 bits per heavy atom. The van der Waals surface area contributed by atoms with Crippen LogP contribution in [0.2, 0.25) is 0 Å². The van der Waals surface area contributed by atoms with E-state index >= 15 is 0 Å². The molecular formula is C21H27NO2. The second-order valence-electron chi connectivity index (χ2n) is 5.88. The molecule has 0 radical (unpaired) electrons. The van der Waals surface area contributed by atoms with E-state index in [1.807, 2.05) is 19.1 Å². The maximum atomic E-state index is 5.76. The van der Waals surface area contributed by atoms with Gasteiger partial charge in [0.25, 0.3) is 0 Å². The van der Waals surface area contributed by atoms with Crippen LogP contribution in [0.5, 0.6) is 11.5 Å². The number of allylic oxidation sites excluding steroid dienone is 1. The van der Waals surface area contributed by atoms with Gasteiger partial charge in [-0.3, -0.25) is 0 Å². The molecule has 0 aromatic heterocycles. The molecule has 0 heterocycles. The summed E-state index contributed by atoms with van der Waals surface area (Å²) in [5.41, 5.74) is 5.93. The summed E-state index contributed by atoms with van der Waals surface area (Å²) in [5, 5.41) is 3.51. The molecule has 0 saturated heterocycles. The van der Waals surface area contributed by atoms with Crippen LogP contribution in [0.25, 0.3) is 0 Å². The third kappa shape index (κ3) is 4.31. The monoisotopic (exact) mass is 325 g/mol. The van der Waals surface area contributed by atoms with Gasteiger partial charge < -0.3 is 14.8 Å². The SMILES string of the molecule is C=CCc1cc(CNc2ccc(C)cc2C)cc(OCC)c1OC. The predicted molar refractivity (Wildman–Crippen MR) is 101 cm³/mol. The lowest BCUT2D eigenvalue weighted by atomic mass is 10.0. The highest BCUT2D eigenvalue weighted by Crippen LogP contribution is 2.34. The third-order valence-corrected chi connectivity index (χ3v) is 3.92. The molecule has 128 valence electrons. The largest absolute Gasteiger partial charge is 0.493 e. The van der Waals surface area contributed by atoms with E-state index in [0.717, 1.165) is 41.3 Å². The normalized spacial score (nSPS) is 10.3. The summed E-state index contributed by atoms with van der Waals surface area (Å²) in [6, 6.07) is 10.6. The molecule has 24 heavy (non-hydrogen) atoms. The van der Waals surface area contributed by atoms with Crippen LogP contribution in [0.1, 0.15) is 29.2 Å². The zero-order valence-electron chi connectivity index (χ0n) is 15.1. The van der Waals surface area contributed by atoms with Crippen LogP contribution >= 0.6 is 0 Å². The highest BCUT2D eigenvalue weighted by atomic mass is 16.5. The van der Waals surface area contributed by atoms with Gasteiger partial charge in [0.2, 0.25) is 0 Å². The fourth-order valence-electron chi connectivity index (χ4n) is 2.84. The predicted octanol–water partition coefficient (Wildman–Crippen LogP) is 5.05. The van der Waals surface area contributed by atoms with Crippen LogP contribution in [0, 0.1) is 13.8 Å². The molecule has 0 aliphatic carbocycles. The number of anilines is 1. The fourth-order valence-corrected chi connectivity index (χ4v) is 2.84. The second-order valence-corrected chi connectivity index (χ2v) is 5.88. The van der Waals surface area contributed by atoms with Crippen molar-refractivity contribution in [2.45, 2.75) is 33.7 Å². The summed E-state index contributed by atoms with van der Waals surface area (Å²) in [7, 11) is 1.68. The van der Waals surface area contributed by atoms with E-state index in [0.29, 0.717) is 6.61 Å². The van der Waals surface area contributed by atoms with Crippen LogP contribution < -0.4 is 14.8 Å². The standard InChI is InChI=1S/C21H27NO2/c1-6-8-18-12-17(13-20(24-7-2)21(18)23-5)14-22-19-10-9-15(3)11-16(19)4/h6,9-13,22H,1,7-8,14H2,2-5H3. The van der Waals surface area contributed by atoms with Crippen molar-refractivity contribution in [2.24, 2.45) is 0 Å². The molecule has 0 amide bonds. The van der Waals surface area contributed by atoms with E-state index in [1.54, 1.807) is 7.11 Å². The van der Waals surface area contributed by atoms with Crippen molar-refractivity contribution in [1.82, 2.24) is 0 Å². The Balaban J connectivity index is 2.26. The summed E-state index contributed by atoms with van der Waals surface area (Å²) in [6.45, 7) is 11.4. The fraction of sp³-hybridized carbons (Fsp3) is 0.333. The molecule has 0 atom stereocenters. The van der Waals surface area contributed by atoms with Crippen molar-refractivity contribution in [3.8, 4) is 11.5 Å². The van der Waals surface area contributed by atoms with E-state index in [2.05, 4.69) is 50.0 Å². The molecule has 3 heteroatoms. The lowest BCUT2D eigenvalue weighted by Gasteiger charge is -2.16. The molecular weight excluding hydrogens is 298 g/mol. The van der Waals surface area contributed by atoms with E-state index in [1.165, 1.54) is 11.1 Å². The Kier molecular flexibility index (Phi) is 6.30. The Morgan fingerprint density at radius 3 is 2.58 bits per heavy atom. The van der Waals surface area contributed by atoms with Gasteiger partial charge in [0.1, 0.15) is 0 Å². The van der Waals surface area contributed by atoms with Gasteiger partial charge in [0, 0.05) is 17.8 Å². The van der Waals surface area contributed by atoms with E-state index < -0.39 is 0 Å². The highest BCUT2D eigenvalue weighted by molar-refractivity contribution is 5.54. The average molecular weight is 325 g/mol. The van der Waals surface area contributed by atoms with Crippen molar-refractivity contribution in [3.05, 3.63) is 65.2 Å². The minimum absolute atomic E-state index is 0.609. The molecule has 0 aliphatic heterocycles. The Labute approximate surface area is 145 Å². The molecule has 0 saturated carbocycles. The van der Waals surface area contributed by atoms with E-state index in [9.17, 15) is 0 Å². The first kappa shape index (κ1) is 17.9. The molecule has 0 spiro atoms. The molecule has 1 N–H and O–H groups in total. The number of rotatable bonds is 8. The maximum Gasteiger partial charge on any atom is 0.164 e. The van der Waals surface area contributed by atoms with Crippen molar-refractivity contribution in [2.75, 3.05) is 19.0 Å². The van der Waals surface area contributed by atoms with Crippen molar-refractivity contribution < 1.29 is 9.47 Å². The molecule has 0 fully saturated rings. The zero-order valence-corrected chi connectivity index (χ0v) is 15.1. The first-order chi connectivity index (χ1) is 11.6. The quantitative estimate of drug-likeness (QED) is 0.689. The van der Waals surface area contributed by atoms with Gasteiger partial charge in [-0.2, -0.15) is 0 Å². The molecule has 2 rings (SSSR count). The number of ether oxygens (including phenoxy) is 2. The Morgan fingerprint density at radius 1 is 1.17 bits per heavy atom. The summed E-state index contributed by atoms with van der Waals surface area (Å²) >= 11 is 0. The van der Waals surface area contributed by atoms with E-state index in [-0.39, 0.29) is 0 Å². The zero-order chi connectivity index (χ0) is 17.5. The van der Waals surface area contributed by atoms with Crippen LogP contribution in [-0.2, 0) is 13.0 Å². The highest BCUT2D eigenvalue weighted by Gasteiger charge is 2.12. The smallest absolute Gasteiger partial charge is 0.164 e. The van der Waals surface area contributed by atoms with Gasteiger partial charge in [-0.1, -0.05) is 23.8 Å². The molecule has 0 bridgehead atoms. The lowest BCUT2D eigenvalue weighted by Crippen LogP contribution is -2.05. The Bertz CT molecular complexity index is 707. The number of hydrogen-bond acceptors (Lipinski definition) is 3. The average Bonchev–Trinajstić information content (AvgIpc) is 2.54. The first-order valence-corrected chi connectivity index (χ1v) is 8.33. The number of hydrogen-bond donors (Lipinski definition) is 1. The number of benzene rings is 2. The van der Waals surface area contributed by atoms with Gasteiger partial charge in [0.15, 0.2) is 11.5 Å².